The standard InChI is InChI=1S/C17H24O3/c1-3-4-5-6-7-14(2)20-16-11-8-15(9-12-16)10-13-17(18)19/h8-14H,3-7H2,1-2H3,(H,18,19)/t14-/m1/s1. The Kier molecular flexibility index (Phi) is 7.48. The fourth-order valence-corrected chi connectivity index (χ4v) is 1.97. The summed E-state index contributed by atoms with van der Waals surface area (Å²) in [6, 6.07) is 7.48. The van der Waals surface area contributed by atoms with Crippen molar-refractivity contribution >= 4 is 12.0 Å². The summed E-state index contributed by atoms with van der Waals surface area (Å²) in [5.74, 6) is -0.105. The molecule has 0 saturated carbocycles. The number of carboxylic acid groups (broad SMARTS) is 1. The van der Waals surface area contributed by atoms with Gasteiger partial charge in [-0.05, 0) is 43.5 Å². The summed E-state index contributed by atoms with van der Waals surface area (Å²) < 4.78 is 5.83. The second kappa shape index (κ2) is 9.18. The summed E-state index contributed by atoms with van der Waals surface area (Å²) in [7, 11) is 0. The molecule has 0 bridgehead atoms. The van der Waals surface area contributed by atoms with Gasteiger partial charge in [0.05, 0.1) is 6.10 Å². The maximum Gasteiger partial charge on any atom is 0.328 e. The van der Waals surface area contributed by atoms with Crippen LogP contribution in [0.5, 0.6) is 5.75 Å². The van der Waals surface area contributed by atoms with Crippen LogP contribution in [0.2, 0.25) is 0 Å². The Hall–Kier alpha value is -1.77. The van der Waals surface area contributed by atoms with Gasteiger partial charge in [0, 0.05) is 6.08 Å². The van der Waals surface area contributed by atoms with Crippen molar-refractivity contribution in [3.05, 3.63) is 35.9 Å². The highest BCUT2D eigenvalue weighted by Gasteiger charge is 2.03. The molecule has 20 heavy (non-hydrogen) atoms. The van der Waals surface area contributed by atoms with Gasteiger partial charge in [0.2, 0.25) is 0 Å². The van der Waals surface area contributed by atoms with E-state index in [4.69, 9.17) is 9.84 Å². The van der Waals surface area contributed by atoms with E-state index in [1.807, 2.05) is 24.3 Å². The van der Waals surface area contributed by atoms with Gasteiger partial charge >= 0.3 is 5.97 Å². The minimum atomic E-state index is -0.939. The molecule has 0 saturated heterocycles. The number of hydrogen-bond donors (Lipinski definition) is 1. The molecule has 0 amide bonds. The lowest BCUT2D eigenvalue weighted by Gasteiger charge is -2.14. The van der Waals surface area contributed by atoms with Crippen molar-refractivity contribution in [1.82, 2.24) is 0 Å². The molecule has 3 heteroatoms. The normalized spacial score (nSPS) is 12.5. The lowest BCUT2D eigenvalue weighted by atomic mass is 10.1. The Bertz CT molecular complexity index is 420. The summed E-state index contributed by atoms with van der Waals surface area (Å²) in [4.78, 5) is 10.4. The van der Waals surface area contributed by atoms with Gasteiger partial charge in [-0.1, -0.05) is 38.3 Å². The second-order valence-electron chi connectivity index (χ2n) is 5.02. The van der Waals surface area contributed by atoms with E-state index in [-0.39, 0.29) is 6.10 Å². The summed E-state index contributed by atoms with van der Waals surface area (Å²) in [6.45, 7) is 4.30. The van der Waals surface area contributed by atoms with Gasteiger partial charge in [0.1, 0.15) is 5.75 Å². The SMILES string of the molecule is CCCCCC[C@@H](C)Oc1ccc(C=CC(=O)O)cc1. The van der Waals surface area contributed by atoms with E-state index in [9.17, 15) is 4.79 Å². The lowest BCUT2D eigenvalue weighted by molar-refractivity contribution is -0.131. The zero-order chi connectivity index (χ0) is 14.8. The summed E-state index contributed by atoms with van der Waals surface area (Å²) >= 11 is 0. The van der Waals surface area contributed by atoms with E-state index < -0.39 is 5.97 Å². The summed E-state index contributed by atoms with van der Waals surface area (Å²) in [5.41, 5.74) is 0.857. The predicted molar refractivity (Wildman–Crippen MR) is 82.0 cm³/mol. The molecular weight excluding hydrogens is 252 g/mol. The number of unbranched alkanes of at least 4 members (excludes halogenated alkanes) is 3. The summed E-state index contributed by atoms with van der Waals surface area (Å²) in [6.07, 6.45) is 9.00. The molecule has 110 valence electrons. The average molecular weight is 276 g/mol. The van der Waals surface area contributed by atoms with E-state index in [1.54, 1.807) is 6.08 Å². The van der Waals surface area contributed by atoms with Gasteiger partial charge in [-0.25, -0.2) is 4.79 Å². The van der Waals surface area contributed by atoms with Crippen molar-refractivity contribution in [1.29, 1.82) is 0 Å². The molecular formula is C17H24O3. The number of benzene rings is 1. The Morgan fingerprint density at radius 1 is 1.25 bits per heavy atom. The van der Waals surface area contributed by atoms with Crippen LogP contribution in [-0.2, 0) is 4.79 Å². The van der Waals surface area contributed by atoms with Gasteiger partial charge in [0.25, 0.3) is 0 Å². The van der Waals surface area contributed by atoms with Crippen molar-refractivity contribution < 1.29 is 14.6 Å². The van der Waals surface area contributed by atoms with Crippen LogP contribution in [0, 0.1) is 0 Å². The van der Waals surface area contributed by atoms with Crippen molar-refractivity contribution in [2.75, 3.05) is 0 Å². The van der Waals surface area contributed by atoms with Crippen molar-refractivity contribution in [2.45, 2.75) is 52.1 Å². The molecule has 0 spiro atoms. The van der Waals surface area contributed by atoms with Gasteiger partial charge in [0.15, 0.2) is 0 Å². The predicted octanol–water partition coefficient (Wildman–Crippen LogP) is 4.52. The Balaban J connectivity index is 2.38. The number of hydrogen-bond acceptors (Lipinski definition) is 2. The molecule has 0 aliphatic carbocycles. The van der Waals surface area contributed by atoms with Crippen molar-refractivity contribution in [2.24, 2.45) is 0 Å². The molecule has 3 nitrogen and oxygen atoms in total. The van der Waals surface area contributed by atoms with Crippen LogP contribution in [0.25, 0.3) is 6.08 Å². The molecule has 0 aliphatic heterocycles. The Labute approximate surface area is 121 Å². The molecule has 1 rings (SSSR count). The molecule has 0 heterocycles. The van der Waals surface area contributed by atoms with Crippen LogP contribution >= 0.6 is 0 Å². The van der Waals surface area contributed by atoms with E-state index >= 15 is 0 Å². The number of carbonyl (C=O) groups is 1. The molecule has 0 unspecified atom stereocenters. The summed E-state index contributed by atoms with van der Waals surface area (Å²) in [5, 5.41) is 8.56. The molecule has 0 aliphatic rings. The van der Waals surface area contributed by atoms with Crippen LogP contribution in [0.15, 0.2) is 30.3 Å². The second-order valence-corrected chi connectivity index (χ2v) is 5.02. The molecule has 1 atom stereocenters. The zero-order valence-electron chi connectivity index (χ0n) is 12.3. The highest BCUT2D eigenvalue weighted by atomic mass is 16.5. The number of carboxylic acids is 1. The van der Waals surface area contributed by atoms with Crippen molar-refractivity contribution in [3.63, 3.8) is 0 Å². The minimum Gasteiger partial charge on any atom is -0.491 e. The molecule has 0 radical (unpaired) electrons. The first kappa shape index (κ1) is 16.3. The zero-order valence-corrected chi connectivity index (χ0v) is 12.3. The Morgan fingerprint density at radius 3 is 2.55 bits per heavy atom. The van der Waals surface area contributed by atoms with E-state index in [0.29, 0.717) is 0 Å². The van der Waals surface area contributed by atoms with Crippen LogP contribution in [0.4, 0.5) is 0 Å². The monoisotopic (exact) mass is 276 g/mol. The number of ether oxygens (including phenoxy) is 1. The third-order valence-corrected chi connectivity index (χ3v) is 3.10. The first-order valence-electron chi connectivity index (χ1n) is 7.29. The van der Waals surface area contributed by atoms with Crippen LogP contribution in [0.3, 0.4) is 0 Å². The van der Waals surface area contributed by atoms with Gasteiger partial charge in [-0.3, -0.25) is 0 Å². The largest absolute Gasteiger partial charge is 0.491 e. The molecule has 0 aromatic heterocycles. The highest BCUT2D eigenvalue weighted by molar-refractivity contribution is 5.85. The third-order valence-electron chi connectivity index (χ3n) is 3.10. The topological polar surface area (TPSA) is 46.5 Å². The fourth-order valence-electron chi connectivity index (χ4n) is 1.97. The number of rotatable bonds is 9. The van der Waals surface area contributed by atoms with Gasteiger partial charge in [-0.2, -0.15) is 0 Å². The van der Waals surface area contributed by atoms with Gasteiger partial charge in [-0.15, -0.1) is 0 Å². The maximum absolute atomic E-state index is 10.4. The molecule has 1 N–H and O–H groups in total. The Morgan fingerprint density at radius 2 is 1.95 bits per heavy atom. The van der Waals surface area contributed by atoms with Crippen LogP contribution in [-0.4, -0.2) is 17.2 Å². The number of aliphatic carboxylic acids is 1. The third kappa shape index (κ3) is 6.98. The first-order valence-corrected chi connectivity index (χ1v) is 7.29. The molecule has 0 fully saturated rings. The van der Waals surface area contributed by atoms with Crippen LogP contribution in [0.1, 0.15) is 51.5 Å². The van der Waals surface area contributed by atoms with Crippen LogP contribution < -0.4 is 4.74 Å². The highest BCUT2D eigenvalue weighted by Crippen LogP contribution is 2.17. The molecule has 1 aromatic carbocycles. The van der Waals surface area contributed by atoms with E-state index in [1.165, 1.54) is 25.7 Å². The van der Waals surface area contributed by atoms with Gasteiger partial charge < -0.3 is 9.84 Å². The van der Waals surface area contributed by atoms with Crippen molar-refractivity contribution in [3.8, 4) is 5.75 Å². The smallest absolute Gasteiger partial charge is 0.328 e. The molecule has 1 aromatic rings. The lowest BCUT2D eigenvalue weighted by Crippen LogP contribution is -2.11. The fraction of sp³-hybridized carbons (Fsp3) is 0.471. The quantitative estimate of drug-likeness (QED) is 0.532. The minimum absolute atomic E-state index is 0.215. The van der Waals surface area contributed by atoms with E-state index in [2.05, 4.69) is 13.8 Å². The first-order chi connectivity index (χ1) is 9.61. The average Bonchev–Trinajstić information content (AvgIpc) is 2.43. The van der Waals surface area contributed by atoms with E-state index in [0.717, 1.165) is 23.8 Å². The maximum atomic E-state index is 10.4.